The van der Waals surface area contributed by atoms with Gasteiger partial charge in [0, 0.05) is 6.54 Å². The molecule has 0 aromatic heterocycles. The quantitative estimate of drug-likeness (QED) is 0.502. The molecule has 1 saturated heterocycles. The van der Waals surface area contributed by atoms with Crippen LogP contribution in [0.5, 0.6) is 0 Å². The normalized spacial score (nSPS) is 22.0. The minimum Gasteiger partial charge on any atom is -0.394 e. The summed E-state index contributed by atoms with van der Waals surface area (Å²) in [4.78, 5) is 0.438. The van der Waals surface area contributed by atoms with Gasteiger partial charge in [0.05, 0.1) is 34.6 Å². The third-order valence-electron chi connectivity index (χ3n) is 5.63. The summed E-state index contributed by atoms with van der Waals surface area (Å²) in [6, 6.07) is 12.9. The maximum Gasteiger partial charge on any atom is 0.241 e. The van der Waals surface area contributed by atoms with E-state index in [9.17, 15) is 21.9 Å². The van der Waals surface area contributed by atoms with Crippen molar-refractivity contribution in [3.8, 4) is 0 Å². The van der Waals surface area contributed by atoms with Crippen molar-refractivity contribution in [2.45, 2.75) is 61.2 Å². The Morgan fingerprint density at radius 3 is 2.03 bits per heavy atom. The minimum absolute atomic E-state index is 0.180. The Kier molecular flexibility index (Phi) is 8.07. The molecular formula is C22H30N2O6S2. The molecule has 0 unspecified atom stereocenters. The highest BCUT2D eigenvalue weighted by molar-refractivity contribution is 7.89. The molecule has 3 rings (SSSR count). The van der Waals surface area contributed by atoms with Crippen LogP contribution in [-0.4, -0.2) is 53.3 Å². The Bertz CT molecular complexity index is 1130. The molecule has 3 N–H and O–H groups in total. The number of hydrogen-bond donors (Lipinski definition) is 3. The van der Waals surface area contributed by atoms with Crippen molar-refractivity contribution in [2.24, 2.45) is 0 Å². The molecule has 2 aromatic rings. The van der Waals surface area contributed by atoms with Crippen LogP contribution in [0.15, 0.2) is 58.3 Å². The van der Waals surface area contributed by atoms with Crippen molar-refractivity contribution in [2.75, 3.05) is 13.2 Å². The van der Waals surface area contributed by atoms with Gasteiger partial charge < -0.3 is 9.84 Å². The van der Waals surface area contributed by atoms with Gasteiger partial charge in [-0.2, -0.15) is 0 Å². The third kappa shape index (κ3) is 5.94. The second kappa shape index (κ2) is 10.4. The van der Waals surface area contributed by atoms with E-state index in [-0.39, 0.29) is 29.0 Å². The fourth-order valence-corrected chi connectivity index (χ4v) is 6.73. The highest BCUT2D eigenvalue weighted by Gasteiger charge is 2.34. The molecule has 0 saturated carbocycles. The average Bonchev–Trinajstić information content (AvgIpc) is 2.74. The van der Waals surface area contributed by atoms with Gasteiger partial charge in [0.15, 0.2) is 0 Å². The topological polar surface area (TPSA) is 122 Å². The van der Waals surface area contributed by atoms with E-state index in [1.54, 1.807) is 62.4 Å². The summed E-state index contributed by atoms with van der Waals surface area (Å²) >= 11 is 0. The molecule has 1 fully saturated rings. The van der Waals surface area contributed by atoms with Crippen LogP contribution in [0.2, 0.25) is 0 Å². The monoisotopic (exact) mass is 482 g/mol. The van der Waals surface area contributed by atoms with E-state index >= 15 is 0 Å². The molecule has 0 bridgehead atoms. The predicted molar refractivity (Wildman–Crippen MR) is 121 cm³/mol. The van der Waals surface area contributed by atoms with Gasteiger partial charge in [-0.15, -0.1) is 0 Å². The van der Waals surface area contributed by atoms with Crippen molar-refractivity contribution in [1.29, 1.82) is 0 Å². The maximum absolute atomic E-state index is 12.8. The summed E-state index contributed by atoms with van der Waals surface area (Å²) in [5, 5.41) is 9.76. The number of hydrogen-bond acceptors (Lipinski definition) is 6. The Balaban J connectivity index is 1.57. The van der Waals surface area contributed by atoms with E-state index in [0.717, 1.165) is 0 Å². The van der Waals surface area contributed by atoms with Gasteiger partial charge in [0.1, 0.15) is 0 Å². The van der Waals surface area contributed by atoms with Crippen molar-refractivity contribution in [3.05, 3.63) is 59.7 Å². The number of rotatable bonds is 9. The van der Waals surface area contributed by atoms with Gasteiger partial charge in [-0.05, 0) is 56.4 Å². The standard InChI is InChI=1S/C22H30N2O6S2/c1-16-7-3-5-9-21(16)31(26,27)23-14-13-18-11-12-19(20(15-25)30-18)24-32(28,29)22-10-6-4-8-17(22)2/h3-10,18-20,23-25H,11-15H2,1-2H3/t18-,19-,20-/m0/s1. The van der Waals surface area contributed by atoms with E-state index in [1.165, 1.54) is 0 Å². The predicted octanol–water partition coefficient (Wildman–Crippen LogP) is 1.86. The van der Waals surface area contributed by atoms with Gasteiger partial charge in [0.25, 0.3) is 0 Å². The lowest BCUT2D eigenvalue weighted by molar-refractivity contribution is -0.0869. The molecule has 32 heavy (non-hydrogen) atoms. The summed E-state index contributed by atoms with van der Waals surface area (Å²) in [5.74, 6) is 0. The Hall–Kier alpha value is -1.82. The first-order valence-electron chi connectivity index (χ1n) is 10.5. The first-order chi connectivity index (χ1) is 15.1. The van der Waals surface area contributed by atoms with E-state index < -0.39 is 32.2 Å². The third-order valence-corrected chi connectivity index (χ3v) is 8.90. The van der Waals surface area contributed by atoms with E-state index in [2.05, 4.69) is 9.44 Å². The average molecular weight is 483 g/mol. The molecule has 3 atom stereocenters. The first kappa shape index (κ1) is 24.8. The fourth-order valence-electron chi connectivity index (χ4n) is 3.89. The summed E-state index contributed by atoms with van der Waals surface area (Å²) in [6.45, 7) is 3.30. The molecular weight excluding hydrogens is 452 g/mol. The molecule has 1 heterocycles. The van der Waals surface area contributed by atoms with Crippen LogP contribution in [-0.2, 0) is 24.8 Å². The van der Waals surface area contributed by atoms with Gasteiger partial charge in [-0.1, -0.05) is 36.4 Å². The van der Waals surface area contributed by atoms with Crippen LogP contribution in [0.25, 0.3) is 0 Å². The van der Waals surface area contributed by atoms with Crippen molar-refractivity contribution in [1.82, 2.24) is 9.44 Å². The van der Waals surface area contributed by atoms with E-state index in [1.807, 2.05) is 0 Å². The second-order valence-corrected chi connectivity index (χ2v) is 11.4. The van der Waals surface area contributed by atoms with E-state index in [0.29, 0.717) is 30.4 Å². The first-order valence-corrected chi connectivity index (χ1v) is 13.5. The number of ether oxygens (including phenoxy) is 1. The van der Waals surface area contributed by atoms with Crippen molar-refractivity contribution < 1.29 is 26.7 Å². The number of sulfonamides is 2. The molecule has 0 aliphatic carbocycles. The van der Waals surface area contributed by atoms with Crippen molar-refractivity contribution >= 4 is 20.0 Å². The Morgan fingerprint density at radius 2 is 1.47 bits per heavy atom. The molecule has 8 nitrogen and oxygen atoms in total. The zero-order valence-corrected chi connectivity index (χ0v) is 19.8. The van der Waals surface area contributed by atoms with Crippen LogP contribution in [0.4, 0.5) is 0 Å². The number of aliphatic hydroxyl groups excluding tert-OH is 1. The summed E-state index contributed by atoms with van der Waals surface area (Å²) in [6.07, 6.45) is 0.444. The molecule has 10 heteroatoms. The summed E-state index contributed by atoms with van der Waals surface area (Å²) in [5.41, 5.74) is 1.30. The minimum atomic E-state index is -3.75. The molecule has 2 aromatic carbocycles. The van der Waals surface area contributed by atoms with E-state index in [4.69, 9.17) is 4.74 Å². The zero-order chi connectivity index (χ0) is 23.4. The molecule has 1 aliphatic heterocycles. The van der Waals surface area contributed by atoms with Gasteiger partial charge >= 0.3 is 0 Å². The smallest absolute Gasteiger partial charge is 0.241 e. The lowest BCUT2D eigenvalue weighted by Crippen LogP contribution is -2.51. The van der Waals surface area contributed by atoms with Crippen LogP contribution in [0, 0.1) is 13.8 Å². The van der Waals surface area contributed by atoms with Crippen molar-refractivity contribution in [3.63, 3.8) is 0 Å². The molecule has 1 aliphatic rings. The highest BCUT2D eigenvalue weighted by Crippen LogP contribution is 2.24. The van der Waals surface area contributed by atoms with Crippen LogP contribution >= 0.6 is 0 Å². The number of aliphatic hydroxyl groups is 1. The SMILES string of the molecule is Cc1ccccc1S(=O)(=O)NCC[C@@H]1CC[C@H](NS(=O)(=O)c2ccccc2C)[C@H](CO)O1. The maximum atomic E-state index is 12.8. The highest BCUT2D eigenvalue weighted by atomic mass is 32.2. The number of benzene rings is 2. The molecule has 0 amide bonds. The summed E-state index contributed by atoms with van der Waals surface area (Å²) in [7, 11) is -7.38. The number of aryl methyl sites for hydroxylation is 2. The summed E-state index contributed by atoms with van der Waals surface area (Å²) < 4.78 is 61.7. The molecule has 176 valence electrons. The lowest BCUT2D eigenvalue weighted by Gasteiger charge is -2.36. The number of nitrogens with one attached hydrogen (secondary N) is 2. The Morgan fingerprint density at radius 1 is 0.906 bits per heavy atom. The fraction of sp³-hybridized carbons (Fsp3) is 0.455. The largest absolute Gasteiger partial charge is 0.394 e. The Labute approximate surface area is 190 Å². The van der Waals surface area contributed by atoms with Crippen LogP contribution in [0.3, 0.4) is 0 Å². The van der Waals surface area contributed by atoms with Gasteiger partial charge in [-0.25, -0.2) is 26.3 Å². The van der Waals surface area contributed by atoms with Gasteiger partial charge in [-0.3, -0.25) is 0 Å². The lowest BCUT2D eigenvalue weighted by atomic mass is 9.98. The second-order valence-electron chi connectivity index (χ2n) is 8.00. The molecule has 0 spiro atoms. The van der Waals surface area contributed by atoms with Gasteiger partial charge in [0.2, 0.25) is 20.0 Å². The van der Waals surface area contributed by atoms with Crippen LogP contribution in [0.1, 0.15) is 30.4 Å². The zero-order valence-electron chi connectivity index (χ0n) is 18.2. The van der Waals surface area contributed by atoms with Crippen LogP contribution < -0.4 is 9.44 Å². The molecule has 0 radical (unpaired) electrons.